The minimum absolute atomic E-state index is 0. The van der Waals surface area contributed by atoms with Crippen molar-refractivity contribution in [2.75, 3.05) is 7.11 Å². The molecule has 0 spiro atoms. The molecule has 0 aliphatic carbocycles. The fraction of sp³-hybridized carbons (Fsp3) is 0.259. The monoisotopic (exact) mass is 624 g/mol. The number of hydrogen-bond acceptors (Lipinski definition) is 6. The zero-order chi connectivity index (χ0) is 31.4. The molecule has 0 saturated carbocycles. The third-order valence-corrected chi connectivity index (χ3v) is 5.47. The molecule has 0 amide bonds. The Kier molecular flexibility index (Phi) is 15.1. The maximum absolute atomic E-state index is 12.7. The highest BCUT2D eigenvalue weighted by molar-refractivity contribution is 7.80. The molecular formula is C27H30F6N2O6S. The van der Waals surface area contributed by atoms with Crippen LogP contribution in [0.3, 0.4) is 0 Å². The number of hydrogen-bond donors (Lipinski definition) is 1. The average molecular weight is 625 g/mol. The predicted octanol–water partition coefficient (Wildman–Crippen LogP) is 5.53. The number of imidazole rings is 1. The number of nitrogens with zero attached hydrogens (tertiary/aromatic N) is 2. The standard InChI is InChI=1S/C10H10F3N2.C8H7F3O.C7H6O.CH4O4S.CH4/c1-14-7-5-3-4-6-8(7)15(2)9(14)10(11,12)13;9-8(10,11)7(12)6-4-2-1-3-5-6;8-6-7-4-2-1-3-5-7;1-5-6(2,3)4;/h3-6H,1-2H3;1-5,7,12H;1-6H;1H3,(H,2,3,4);1H4/q+1;;;;/p-1. The molecule has 0 saturated heterocycles. The smallest absolute Gasteiger partial charge is 0.495 e. The van der Waals surface area contributed by atoms with Gasteiger partial charge in [0, 0.05) is 5.56 Å². The summed E-state index contributed by atoms with van der Waals surface area (Å²) < 4.78 is 107. The summed E-state index contributed by atoms with van der Waals surface area (Å²) in [6.07, 6.45) is -10.5. The van der Waals surface area contributed by atoms with Gasteiger partial charge >= 0.3 is 18.2 Å². The van der Waals surface area contributed by atoms with Gasteiger partial charge in [-0.3, -0.25) is 8.98 Å². The summed E-state index contributed by atoms with van der Waals surface area (Å²) >= 11 is 0. The van der Waals surface area contributed by atoms with Crippen LogP contribution < -0.4 is 4.57 Å². The first-order valence-electron chi connectivity index (χ1n) is 11.3. The summed E-state index contributed by atoms with van der Waals surface area (Å²) in [6.45, 7) is 0. The number of halogens is 6. The van der Waals surface area contributed by atoms with Crippen LogP contribution in [0.25, 0.3) is 11.0 Å². The first-order chi connectivity index (χ1) is 18.9. The average Bonchev–Trinajstić information content (AvgIpc) is 3.19. The first-order valence-corrected chi connectivity index (χ1v) is 12.6. The van der Waals surface area contributed by atoms with E-state index in [9.17, 15) is 44.1 Å². The van der Waals surface area contributed by atoms with Crippen LogP contribution in [0.1, 0.15) is 35.3 Å². The van der Waals surface area contributed by atoms with E-state index in [1.807, 2.05) is 18.2 Å². The van der Waals surface area contributed by atoms with Gasteiger partial charge in [-0.1, -0.05) is 80.2 Å². The van der Waals surface area contributed by atoms with E-state index in [4.69, 9.17) is 5.11 Å². The quantitative estimate of drug-likeness (QED) is 0.105. The van der Waals surface area contributed by atoms with Gasteiger partial charge in [0.15, 0.2) is 17.1 Å². The summed E-state index contributed by atoms with van der Waals surface area (Å²) in [7, 11) is -0.761. The zero-order valence-electron chi connectivity index (χ0n) is 21.8. The van der Waals surface area contributed by atoms with Crippen LogP contribution in [0.5, 0.6) is 0 Å². The molecule has 42 heavy (non-hydrogen) atoms. The molecule has 0 aliphatic heterocycles. The lowest BCUT2D eigenvalue weighted by atomic mass is 10.1. The predicted molar refractivity (Wildman–Crippen MR) is 142 cm³/mol. The second kappa shape index (κ2) is 16.6. The maximum atomic E-state index is 12.7. The van der Waals surface area contributed by atoms with Gasteiger partial charge in [0.1, 0.15) is 6.29 Å². The zero-order valence-corrected chi connectivity index (χ0v) is 22.6. The van der Waals surface area contributed by atoms with Crippen molar-refractivity contribution in [2.24, 2.45) is 14.1 Å². The summed E-state index contributed by atoms with van der Waals surface area (Å²) in [6, 6.07) is 22.8. The minimum atomic E-state index is -4.58. The largest absolute Gasteiger partial charge is 0.726 e. The van der Waals surface area contributed by atoms with E-state index in [1.54, 1.807) is 42.5 Å². The van der Waals surface area contributed by atoms with Gasteiger partial charge < -0.3 is 9.66 Å². The molecule has 15 heteroatoms. The molecule has 1 N–H and O–H groups in total. The number of alkyl halides is 6. The van der Waals surface area contributed by atoms with Crippen molar-refractivity contribution in [1.82, 2.24) is 4.57 Å². The molecule has 4 rings (SSSR count). The number of aromatic nitrogens is 2. The number of carbonyl (C=O) groups excluding carboxylic acids is 1. The highest BCUT2D eigenvalue weighted by Gasteiger charge is 2.45. The van der Waals surface area contributed by atoms with Crippen molar-refractivity contribution in [3.8, 4) is 0 Å². The number of rotatable bonds is 3. The topological polar surface area (TPSA) is 113 Å². The molecule has 0 fully saturated rings. The van der Waals surface area contributed by atoms with Gasteiger partial charge in [-0.05, 0) is 17.7 Å². The Morgan fingerprint density at radius 3 is 1.69 bits per heavy atom. The van der Waals surface area contributed by atoms with Crippen LogP contribution in [0.4, 0.5) is 26.3 Å². The molecular weight excluding hydrogens is 594 g/mol. The molecule has 0 radical (unpaired) electrons. The summed E-state index contributed by atoms with van der Waals surface area (Å²) in [5.74, 6) is -0.649. The fourth-order valence-electron chi connectivity index (χ4n) is 3.22. The highest BCUT2D eigenvalue weighted by atomic mass is 32.3. The molecule has 3 aromatic carbocycles. The van der Waals surface area contributed by atoms with Gasteiger partial charge in [0.25, 0.3) is 0 Å². The number of benzene rings is 3. The van der Waals surface area contributed by atoms with Gasteiger partial charge in [-0.2, -0.15) is 26.3 Å². The molecule has 8 nitrogen and oxygen atoms in total. The van der Waals surface area contributed by atoms with Crippen LogP contribution >= 0.6 is 0 Å². The Morgan fingerprint density at radius 1 is 0.905 bits per heavy atom. The normalized spacial score (nSPS) is 11.8. The van der Waals surface area contributed by atoms with E-state index in [1.165, 1.54) is 38.4 Å². The molecule has 0 aliphatic rings. The van der Waals surface area contributed by atoms with Crippen molar-refractivity contribution < 1.29 is 58.0 Å². The second-order valence-electron chi connectivity index (χ2n) is 7.89. The van der Waals surface area contributed by atoms with Gasteiger partial charge in [-0.15, -0.1) is 0 Å². The SMILES string of the molecule is C.COS(=O)(=O)[O-].Cn1c(C(F)(F)F)[n+](C)c2ccccc21.O=Cc1ccccc1.OC(c1ccccc1)C(F)(F)F. The van der Waals surface area contributed by atoms with E-state index in [0.717, 1.165) is 28.1 Å². The molecule has 1 unspecified atom stereocenters. The van der Waals surface area contributed by atoms with E-state index < -0.39 is 34.7 Å². The molecule has 232 valence electrons. The summed E-state index contributed by atoms with van der Waals surface area (Å²) in [5, 5.41) is 8.73. The van der Waals surface area contributed by atoms with E-state index in [-0.39, 0.29) is 13.0 Å². The van der Waals surface area contributed by atoms with Crippen LogP contribution in [-0.4, -0.2) is 42.2 Å². The van der Waals surface area contributed by atoms with Crippen molar-refractivity contribution in [3.05, 3.63) is 102 Å². The van der Waals surface area contributed by atoms with Crippen molar-refractivity contribution in [3.63, 3.8) is 0 Å². The fourth-order valence-corrected chi connectivity index (χ4v) is 3.22. The molecule has 1 atom stereocenters. The van der Waals surface area contributed by atoms with Crippen LogP contribution in [0.2, 0.25) is 0 Å². The lowest BCUT2D eigenvalue weighted by Crippen LogP contribution is -2.37. The van der Waals surface area contributed by atoms with Gasteiger partial charge in [0.05, 0.1) is 21.2 Å². The van der Waals surface area contributed by atoms with Crippen LogP contribution in [-0.2, 0) is 34.9 Å². The van der Waals surface area contributed by atoms with Gasteiger partial charge in [-0.25, -0.2) is 17.6 Å². The van der Waals surface area contributed by atoms with E-state index in [0.29, 0.717) is 11.0 Å². The molecule has 1 aromatic heterocycles. The van der Waals surface area contributed by atoms with Crippen LogP contribution in [0.15, 0.2) is 84.9 Å². The third kappa shape index (κ3) is 12.4. The minimum Gasteiger partial charge on any atom is -0.726 e. The second-order valence-corrected chi connectivity index (χ2v) is 9.04. The molecule has 4 aromatic rings. The Hall–Kier alpha value is -3.79. The first kappa shape index (κ1) is 38.2. The van der Waals surface area contributed by atoms with Gasteiger partial charge in [0.2, 0.25) is 10.4 Å². The Morgan fingerprint density at radius 2 is 1.33 bits per heavy atom. The molecule has 0 bridgehead atoms. The maximum Gasteiger partial charge on any atom is 0.495 e. The van der Waals surface area contributed by atoms with Crippen LogP contribution in [0, 0.1) is 0 Å². The third-order valence-electron chi connectivity index (χ3n) is 5.06. The number of aryl methyl sites for hydroxylation is 2. The number of fused-ring (bicyclic) bond motifs is 1. The van der Waals surface area contributed by atoms with Crippen molar-refractivity contribution in [2.45, 2.75) is 25.9 Å². The lowest BCUT2D eigenvalue weighted by molar-refractivity contribution is -0.667. The molecule has 1 heterocycles. The number of aliphatic hydroxyl groups is 1. The Labute approximate surface area is 239 Å². The highest BCUT2D eigenvalue weighted by Crippen LogP contribution is 2.32. The Balaban J connectivity index is 0.000000560. The van der Waals surface area contributed by atoms with E-state index >= 15 is 0 Å². The van der Waals surface area contributed by atoms with Crippen molar-refractivity contribution in [1.29, 1.82) is 0 Å². The number of aldehydes is 1. The number of aliphatic hydroxyl groups excluding tert-OH is 1. The number of carbonyl (C=O) groups is 1. The number of para-hydroxylation sites is 2. The lowest BCUT2D eigenvalue weighted by Gasteiger charge is -2.13. The summed E-state index contributed by atoms with van der Waals surface area (Å²) in [4.78, 5) is 10.0. The Bertz CT molecular complexity index is 1440. The van der Waals surface area contributed by atoms with E-state index in [2.05, 4.69) is 4.18 Å². The van der Waals surface area contributed by atoms with Crippen molar-refractivity contribution >= 4 is 27.7 Å². The summed E-state index contributed by atoms with van der Waals surface area (Å²) in [5.41, 5.74) is 1.75.